The van der Waals surface area contributed by atoms with E-state index < -0.39 is 0 Å². The molecular formula is C14H19FO. The van der Waals surface area contributed by atoms with Gasteiger partial charge in [-0.05, 0) is 24.5 Å². The van der Waals surface area contributed by atoms with Gasteiger partial charge in [-0.2, -0.15) is 0 Å². The maximum Gasteiger partial charge on any atom is 0.165 e. The highest BCUT2D eigenvalue weighted by Gasteiger charge is 2.13. The summed E-state index contributed by atoms with van der Waals surface area (Å²) in [6, 6.07) is 6.62. The first-order valence-electron chi connectivity index (χ1n) is 6.23. The molecule has 0 unspecified atom stereocenters. The van der Waals surface area contributed by atoms with Crippen LogP contribution in [0.3, 0.4) is 0 Å². The van der Waals surface area contributed by atoms with Gasteiger partial charge in [0.2, 0.25) is 0 Å². The number of hydrogen-bond acceptors (Lipinski definition) is 1. The Kier molecular flexibility index (Phi) is 4.20. The zero-order chi connectivity index (χ0) is 11.2. The summed E-state index contributed by atoms with van der Waals surface area (Å²) in [5, 5.41) is 0. The lowest BCUT2D eigenvalue weighted by Crippen LogP contribution is -2.11. The van der Waals surface area contributed by atoms with E-state index in [-0.39, 0.29) is 5.82 Å². The third kappa shape index (κ3) is 3.22. The van der Waals surface area contributed by atoms with Crippen molar-refractivity contribution in [3.05, 3.63) is 30.1 Å². The number of ether oxygens (including phenoxy) is 1. The molecule has 1 aromatic carbocycles. The molecule has 0 N–H and O–H groups in total. The molecule has 16 heavy (non-hydrogen) atoms. The lowest BCUT2D eigenvalue weighted by Gasteiger charge is -2.21. The van der Waals surface area contributed by atoms with Gasteiger partial charge in [0, 0.05) is 0 Å². The molecule has 1 nitrogen and oxygen atoms in total. The molecule has 1 aliphatic carbocycles. The van der Waals surface area contributed by atoms with Gasteiger partial charge in [-0.15, -0.1) is 0 Å². The fourth-order valence-electron chi connectivity index (χ4n) is 2.37. The largest absolute Gasteiger partial charge is 0.491 e. The van der Waals surface area contributed by atoms with Crippen molar-refractivity contribution in [2.24, 2.45) is 5.92 Å². The second-order valence-electron chi connectivity index (χ2n) is 4.57. The van der Waals surface area contributed by atoms with Crippen LogP contribution in [0.25, 0.3) is 0 Å². The van der Waals surface area contributed by atoms with E-state index in [0.29, 0.717) is 12.4 Å². The first kappa shape index (κ1) is 11.4. The number of rotatable bonds is 4. The molecule has 1 aliphatic rings. The van der Waals surface area contributed by atoms with Crippen LogP contribution in [0.5, 0.6) is 5.75 Å². The summed E-state index contributed by atoms with van der Waals surface area (Å²) < 4.78 is 18.7. The number of para-hydroxylation sites is 1. The van der Waals surface area contributed by atoms with Crippen molar-refractivity contribution >= 4 is 0 Å². The molecular weight excluding hydrogens is 203 g/mol. The first-order chi connectivity index (χ1) is 7.86. The van der Waals surface area contributed by atoms with Gasteiger partial charge in [0.1, 0.15) is 0 Å². The number of benzene rings is 1. The van der Waals surface area contributed by atoms with Crippen LogP contribution in [-0.4, -0.2) is 6.61 Å². The van der Waals surface area contributed by atoms with Crippen LogP contribution in [0.15, 0.2) is 24.3 Å². The van der Waals surface area contributed by atoms with Crippen LogP contribution in [0.2, 0.25) is 0 Å². The molecule has 0 saturated heterocycles. The van der Waals surface area contributed by atoms with E-state index in [9.17, 15) is 4.39 Å². The fourth-order valence-corrected chi connectivity index (χ4v) is 2.37. The normalized spacial score (nSPS) is 17.3. The van der Waals surface area contributed by atoms with Gasteiger partial charge >= 0.3 is 0 Å². The maximum absolute atomic E-state index is 13.2. The molecule has 0 heterocycles. The minimum absolute atomic E-state index is 0.258. The lowest BCUT2D eigenvalue weighted by molar-refractivity contribution is 0.239. The molecule has 0 radical (unpaired) electrons. The Bertz CT molecular complexity index is 318. The van der Waals surface area contributed by atoms with Gasteiger partial charge in [-0.3, -0.25) is 0 Å². The van der Waals surface area contributed by atoms with Gasteiger partial charge in [-0.1, -0.05) is 44.2 Å². The zero-order valence-electron chi connectivity index (χ0n) is 9.62. The average Bonchev–Trinajstić information content (AvgIpc) is 2.33. The highest BCUT2D eigenvalue weighted by Crippen LogP contribution is 2.26. The van der Waals surface area contributed by atoms with Gasteiger partial charge in [-0.25, -0.2) is 4.39 Å². The highest BCUT2D eigenvalue weighted by molar-refractivity contribution is 5.23. The molecule has 0 bridgehead atoms. The van der Waals surface area contributed by atoms with E-state index in [1.807, 2.05) is 0 Å². The zero-order valence-corrected chi connectivity index (χ0v) is 9.62. The number of hydrogen-bond donors (Lipinski definition) is 0. The van der Waals surface area contributed by atoms with Crippen LogP contribution in [-0.2, 0) is 0 Å². The SMILES string of the molecule is Fc1ccccc1OCCC1CCCCC1. The molecule has 2 heteroatoms. The second-order valence-corrected chi connectivity index (χ2v) is 4.57. The molecule has 2 rings (SSSR count). The Morgan fingerprint density at radius 1 is 1.12 bits per heavy atom. The van der Waals surface area contributed by atoms with E-state index in [1.54, 1.807) is 18.2 Å². The van der Waals surface area contributed by atoms with Crippen molar-refractivity contribution in [1.29, 1.82) is 0 Å². The monoisotopic (exact) mass is 222 g/mol. The Balaban J connectivity index is 1.73. The Labute approximate surface area is 96.6 Å². The standard InChI is InChI=1S/C14H19FO/c15-13-8-4-5-9-14(13)16-11-10-12-6-2-1-3-7-12/h4-5,8-9,12H,1-3,6-7,10-11H2. The molecule has 0 spiro atoms. The summed E-state index contributed by atoms with van der Waals surface area (Å²) in [5.41, 5.74) is 0. The summed E-state index contributed by atoms with van der Waals surface area (Å²) >= 11 is 0. The molecule has 1 saturated carbocycles. The summed E-state index contributed by atoms with van der Waals surface area (Å²) in [6.45, 7) is 0.644. The summed E-state index contributed by atoms with van der Waals surface area (Å²) in [4.78, 5) is 0. The minimum Gasteiger partial charge on any atom is -0.491 e. The van der Waals surface area contributed by atoms with Gasteiger partial charge in [0.15, 0.2) is 11.6 Å². The van der Waals surface area contributed by atoms with Crippen molar-refractivity contribution < 1.29 is 9.13 Å². The molecule has 0 atom stereocenters. The van der Waals surface area contributed by atoms with E-state index in [2.05, 4.69) is 0 Å². The Morgan fingerprint density at radius 2 is 1.88 bits per heavy atom. The summed E-state index contributed by atoms with van der Waals surface area (Å²) in [7, 11) is 0. The van der Waals surface area contributed by atoms with Crippen LogP contribution in [0.1, 0.15) is 38.5 Å². The molecule has 0 aromatic heterocycles. The molecule has 0 aliphatic heterocycles. The molecule has 88 valence electrons. The van der Waals surface area contributed by atoms with E-state index in [4.69, 9.17) is 4.74 Å². The van der Waals surface area contributed by atoms with Crippen molar-refractivity contribution in [2.45, 2.75) is 38.5 Å². The number of halogens is 1. The van der Waals surface area contributed by atoms with Crippen molar-refractivity contribution in [3.63, 3.8) is 0 Å². The van der Waals surface area contributed by atoms with Crippen molar-refractivity contribution in [1.82, 2.24) is 0 Å². The average molecular weight is 222 g/mol. The van der Waals surface area contributed by atoms with E-state index >= 15 is 0 Å². The highest BCUT2D eigenvalue weighted by atomic mass is 19.1. The summed E-state index contributed by atoms with van der Waals surface area (Å²) in [6.07, 6.45) is 7.79. The van der Waals surface area contributed by atoms with Crippen LogP contribution >= 0.6 is 0 Å². The van der Waals surface area contributed by atoms with Gasteiger partial charge < -0.3 is 4.74 Å². The smallest absolute Gasteiger partial charge is 0.165 e. The van der Waals surface area contributed by atoms with Crippen molar-refractivity contribution in [2.75, 3.05) is 6.61 Å². The lowest BCUT2D eigenvalue weighted by atomic mass is 9.87. The maximum atomic E-state index is 13.2. The quantitative estimate of drug-likeness (QED) is 0.742. The topological polar surface area (TPSA) is 9.23 Å². The van der Waals surface area contributed by atoms with Crippen LogP contribution in [0.4, 0.5) is 4.39 Å². The predicted octanol–water partition coefficient (Wildman–Crippen LogP) is 4.17. The molecule has 1 fully saturated rings. The van der Waals surface area contributed by atoms with Crippen LogP contribution < -0.4 is 4.74 Å². The summed E-state index contributed by atoms with van der Waals surface area (Å²) in [5.74, 6) is 0.921. The van der Waals surface area contributed by atoms with E-state index in [1.165, 1.54) is 38.2 Å². The van der Waals surface area contributed by atoms with Crippen molar-refractivity contribution in [3.8, 4) is 5.75 Å². The molecule has 1 aromatic rings. The third-order valence-corrected chi connectivity index (χ3v) is 3.35. The Hall–Kier alpha value is -1.05. The van der Waals surface area contributed by atoms with Crippen LogP contribution in [0, 0.1) is 11.7 Å². The first-order valence-corrected chi connectivity index (χ1v) is 6.23. The van der Waals surface area contributed by atoms with Gasteiger partial charge in [0.25, 0.3) is 0 Å². The molecule has 0 amide bonds. The fraction of sp³-hybridized carbons (Fsp3) is 0.571. The minimum atomic E-state index is -0.258. The van der Waals surface area contributed by atoms with Gasteiger partial charge in [0.05, 0.1) is 6.61 Å². The second kappa shape index (κ2) is 5.88. The third-order valence-electron chi connectivity index (χ3n) is 3.35. The Morgan fingerprint density at radius 3 is 2.62 bits per heavy atom. The van der Waals surface area contributed by atoms with E-state index in [0.717, 1.165) is 12.3 Å². The predicted molar refractivity (Wildman–Crippen MR) is 63.1 cm³/mol.